The number of hydrogen-bond acceptors (Lipinski definition) is 3. The van der Waals surface area contributed by atoms with E-state index in [1.807, 2.05) is 6.07 Å². The molecule has 0 atom stereocenters. The largest absolute Gasteiger partial charge is 0.364 e. The second-order valence-electron chi connectivity index (χ2n) is 4.03. The number of guanidine groups is 1. The predicted molar refractivity (Wildman–Crippen MR) is 79.6 cm³/mol. The van der Waals surface area contributed by atoms with E-state index >= 15 is 0 Å². The molecule has 0 saturated carbocycles. The molecule has 0 amide bonds. The van der Waals surface area contributed by atoms with Crippen LogP contribution < -0.4 is 10.6 Å². The Balaban J connectivity index is 0.00000256. The molecule has 0 aliphatic carbocycles. The molecular weight excluding hydrogens is 331 g/mol. The van der Waals surface area contributed by atoms with E-state index in [1.54, 1.807) is 13.3 Å². The van der Waals surface area contributed by atoms with Gasteiger partial charge in [0.05, 0.1) is 6.54 Å². The van der Waals surface area contributed by atoms with Crippen molar-refractivity contribution in [2.24, 2.45) is 10.9 Å². The number of halogens is 1. The summed E-state index contributed by atoms with van der Waals surface area (Å²) in [5.41, 5.74) is 0.867. The van der Waals surface area contributed by atoms with Gasteiger partial charge in [0.2, 0.25) is 0 Å². The molecule has 2 N–H and O–H groups in total. The van der Waals surface area contributed by atoms with Crippen molar-refractivity contribution >= 4 is 29.9 Å². The molecule has 0 bridgehead atoms. The third-order valence-corrected chi connectivity index (χ3v) is 2.17. The second-order valence-corrected chi connectivity index (χ2v) is 4.03. The summed E-state index contributed by atoms with van der Waals surface area (Å²) in [5.74, 6) is 1.49. The molecule has 98 valence electrons. The van der Waals surface area contributed by atoms with E-state index in [1.165, 1.54) is 0 Å². The Hall–Kier alpha value is -0.790. The Morgan fingerprint density at radius 2 is 2.24 bits per heavy atom. The standard InChI is InChI=1S/C11H20N4O.HI/c1-9(2)4-6-13-11(12-3)14-8-10-5-7-16-15-10;/h5,7,9H,4,6,8H2,1-3H3,(H2,12,13,14);1H. The number of rotatable bonds is 5. The second kappa shape index (κ2) is 9.26. The van der Waals surface area contributed by atoms with Crippen molar-refractivity contribution in [3.8, 4) is 0 Å². The number of nitrogens with one attached hydrogen (secondary N) is 2. The fourth-order valence-electron chi connectivity index (χ4n) is 1.20. The average Bonchev–Trinajstić information content (AvgIpc) is 2.75. The van der Waals surface area contributed by atoms with Gasteiger partial charge in [-0.05, 0) is 12.3 Å². The van der Waals surface area contributed by atoms with Crippen LogP contribution in [0.3, 0.4) is 0 Å². The third kappa shape index (κ3) is 7.19. The van der Waals surface area contributed by atoms with Gasteiger partial charge in [0.15, 0.2) is 5.96 Å². The first-order chi connectivity index (χ1) is 7.72. The van der Waals surface area contributed by atoms with E-state index in [0.717, 1.165) is 24.6 Å². The maximum Gasteiger partial charge on any atom is 0.191 e. The van der Waals surface area contributed by atoms with Gasteiger partial charge >= 0.3 is 0 Å². The molecule has 0 aromatic carbocycles. The van der Waals surface area contributed by atoms with Crippen LogP contribution in [-0.4, -0.2) is 24.7 Å². The lowest BCUT2D eigenvalue weighted by molar-refractivity contribution is 0.410. The van der Waals surface area contributed by atoms with Crippen LogP contribution in [0.4, 0.5) is 0 Å². The quantitative estimate of drug-likeness (QED) is 0.484. The molecule has 0 saturated heterocycles. The van der Waals surface area contributed by atoms with E-state index in [0.29, 0.717) is 12.5 Å². The van der Waals surface area contributed by atoms with Crippen molar-refractivity contribution in [1.82, 2.24) is 15.8 Å². The fraction of sp³-hybridized carbons (Fsp3) is 0.636. The summed E-state index contributed by atoms with van der Waals surface area (Å²) in [6, 6.07) is 1.83. The molecule has 1 rings (SSSR count). The van der Waals surface area contributed by atoms with E-state index in [2.05, 4.69) is 34.6 Å². The lowest BCUT2D eigenvalue weighted by Gasteiger charge is -2.11. The molecule has 0 aliphatic rings. The summed E-state index contributed by atoms with van der Waals surface area (Å²) in [5, 5.41) is 10.2. The maximum absolute atomic E-state index is 4.74. The Kier molecular flexibility index (Phi) is 8.83. The molecule has 0 spiro atoms. The highest BCUT2D eigenvalue weighted by molar-refractivity contribution is 14.0. The van der Waals surface area contributed by atoms with Crippen LogP contribution in [0.5, 0.6) is 0 Å². The SMILES string of the molecule is CN=C(NCCC(C)C)NCc1ccon1.I. The zero-order valence-electron chi connectivity index (χ0n) is 10.6. The van der Waals surface area contributed by atoms with Crippen LogP contribution in [0.1, 0.15) is 26.0 Å². The van der Waals surface area contributed by atoms with Crippen molar-refractivity contribution in [3.63, 3.8) is 0 Å². The number of nitrogens with zero attached hydrogens (tertiary/aromatic N) is 2. The third-order valence-electron chi connectivity index (χ3n) is 2.17. The van der Waals surface area contributed by atoms with Crippen LogP contribution >= 0.6 is 24.0 Å². The minimum atomic E-state index is 0. The number of hydrogen-bond donors (Lipinski definition) is 2. The molecule has 0 aliphatic heterocycles. The summed E-state index contributed by atoms with van der Waals surface area (Å²) in [6.07, 6.45) is 2.69. The predicted octanol–water partition coefficient (Wildman–Crippen LogP) is 2.00. The Morgan fingerprint density at radius 3 is 2.76 bits per heavy atom. The lowest BCUT2D eigenvalue weighted by Crippen LogP contribution is -2.37. The van der Waals surface area contributed by atoms with Crippen molar-refractivity contribution in [2.75, 3.05) is 13.6 Å². The highest BCUT2D eigenvalue weighted by Crippen LogP contribution is 1.96. The van der Waals surface area contributed by atoms with Gasteiger partial charge in [0, 0.05) is 19.7 Å². The normalized spacial score (nSPS) is 11.2. The fourth-order valence-corrected chi connectivity index (χ4v) is 1.20. The molecule has 6 heteroatoms. The summed E-state index contributed by atoms with van der Waals surface area (Å²) in [7, 11) is 1.76. The zero-order valence-corrected chi connectivity index (χ0v) is 12.9. The molecule has 0 unspecified atom stereocenters. The lowest BCUT2D eigenvalue weighted by atomic mass is 10.1. The minimum absolute atomic E-state index is 0. The van der Waals surface area contributed by atoms with Gasteiger partial charge in [-0.1, -0.05) is 19.0 Å². The Morgan fingerprint density at radius 1 is 1.47 bits per heavy atom. The molecular formula is C11H21IN4O. The van der Waals surface area contributed by atoms with Gasteiger partial charge in [-0.15, -0.1) is 24.0 Å². The first-order valence-corrected chi connectivity index (χ1v) is 5.56. The molecule has 0 radical (unpaired) electrons. The Bertz CT molecular complexity index is 311. The summed E-state index contributed by atoms with van der Waals surface area (Å²) in [6.45, 7) is 5.95. The van der Waals surface area contributed by atoms with Gasteiger partial charge in [-0.2, -0.15) is 0 Å². The van der Waals surface area contributed by atoms with Gasteiger partial charge in [0.1, 0.15) is 12.0 Å². The van der Waals surface area contributed by atoms with E-state index in [4.69, 9.17) is 4.52 Å². The van der Waals surface area contributed by atoms with E-state index < -0.39 is 0 Å². The molecule has 1 heterocycles. The van der Waals surface area contributed by atoms with Gasteiger partial charge in [-0.3, -0.25) is 4.99 Å². The number of aromatic nitrogens is 1. The van der Waals surface area contributed by atoms with E-state index in [-0.39, 0.29) is 24.0 Å². The maximum atomic E-state index is 4.74. The van der Waals surface area contributed by atoms with Gasteiger partial charge in [0.25, 0.3) is 0 Å². The monoisotopic (exact) mass is 352 g/mol. The van der Waals surface area contributed by atoms with Crippen LogP contribution in [-0.2, 0) is 6.54 Å². The summed E-state index contributed by atoms with van der Waals surface area (Å²) in [4.78, 5) is 4.12. The van der Waals surface area contributed by atoms with Crippen molar-refractivity contribution < 1.29 is 4.52 Å². The average molecular weight is 352 g/mol. The van der Waals surface area contributed by atoms with Crippen molar-refractivity contribution in [3.05, 3.63) is 18.0 Å². The van der Waals surface area contributed by atoms with Gasteiger partial charge < -0.3 is 15.2 Å². The first kappa shape index (κ1) is 16.2. The topological polar surface area (TPSA) is 62.5 Å². The highest BCUT2D eigenvalue weighted by atomic mass is 127. The summed E-state index contributed by atoms with van der Waals surface area (Å²) < 4.78 is 4.74. The van der Waals surface area contributed by atoms with Crippen LogP contribution in [0.25, 0.3) is 0 Å². The zero-order chi connectivity index (χ0) is 11.8. The van der Waals surface area contributed by atoms with Crippen molar-refractivity contribution in [1.29, 1.82) is 0 Å². The highest BCUT2D eigenvalue weighted by Gasteiger charge is 2.00. The van der Waals surface area contributed by atoms with E-state index in [9.17, 15) is 0 Å². The Labute approximate surface area is 119 Å². The molecule has 1 aromatic heterocycles. The number of aliphatic imine (C=N–C) groups is 1. The first-order valence-electron chi connectivity index (χ1n) is 5.56. The van der Waals surface area contributed by atoms with Crippen molar-refractivity contribution in [2.45, 2.75) is 26.8 Å². The summed E-state index contributed by atoms with van der Waals surface area (Å²) >= 11 is 0. The molecule has 1 aromatic rings. The smallest absolute Gasteiger partial charge is 0.191 e. The molecule has 0 fully saturated rings. The van der Waals surface area contributed by atoms with Crippen LogP contribution in [0.15, 0.2) is 21.8 Å². The van der Waals surface area contributed by atoms with Gasteiger partial charge in [-0.25, -0.2) is 0 Å². The minimum Gasteiger partial charge on any atom is -0.364 e. The van der Waals surface area contributed by atoms with Crippen LogP contribution in [0, 0.1) is 5.92 Å². The molecule has 5 nitrogen and oxygen atoms in total. The molecule has 17 heavy (non-hydrogen) atoms. The van der Waals surface area contributed by atoms with Crippen LogP contribution in [0.2, 0.25) is 0 Å².